The lowest BCUT2D eigenvalue weighted by atomic mass is 9.83. The quantitative estimate of drug-likeness (QED) is 0.745. The summed E-state index contributed by atoms with van der Waals surface area (Å²) in [7, 11) is 2.33. The molecule has 2 heteroatoms. The summed E-state index contributed by atoms with van der Waals surface area (Å²) in [6.45, 7) is 7.31. The van der Waals surface area contributed by atoms with Crippen LogP contribution in [0.2, 0.25) is 0 Å². The van der Waals surface area contributed by atoms with Crippen LogP contribution in [0.3, 0.4) is 0 Å². The molecule has 2 aliphatic carbocycles. The zero-order chi connectivity index (χ0) is 10.7. The molecule has 3 rings (SSSR count). The van der Waals surface area contributed by atoms with E-state index in [9.17, 15) is 0 Å². The molecule has 15 heavy (non-hydrogen) atoms. The lowest BCUT2D eigenvalue weighted by molar-refractivity contribution is 0.0203. The number of rotatable bonds is 2. The van der Waals surface area contributed by atoms with Crippen molar-refractivity contribution in [2.75, 3.05) is 20.1 Å². The van der Waals surface area contributed by atoms with Crippen LogP contribution < -0.4 is 5.32 Å². The molecule has 1 N–H and O–H groups in total. The predicted octanol–water partition coefficient (Wildman–Crippen LogP) is 1.86. The maximum absolute atomic E-state index is 3.86. The fraction of sp³-hybridized carbons (Fsp3) is 1.00. The Morgan fingerprint density at radius 3 is 2.13 bits per heavy atom. The van der Waals surface area contributed by atoms with Crippen molar-refractivity contribution in [3.8, 4) is 0 Å². The van der Waals surface area contributed by atoms with Gasteiger partial charge in [0.05, 0.1) is 0 Å². The van der Waals surface area contributed by atoms with Gasteiger partial charge in [-0.1, -0.05) is 0 Å². The Morgan fingerprint density at radius 2 is 1.67 bits per heavy atom. The first-order valence-electron chi connectivity index (χ1n) is 6.51. The van der Waals surface area contributed by atoms with E-state index in [2.05, 4.69) is 31.1 Å². The van der Waals surface area contributed by atoms with E-state index in [-0.39, 0.29) is 0 Å². The first-order valence-corrected chi connectivity index (χ1v) is 6.51. The summed E-state index contributed by atoms with van der Waals surface area (Å²) in [5, 5.41) is 3.86. The summed E-state index contributed by atoms with van der Waals surface area (Å²) in [4.78, 5) is 2.64. The smallest absolute Gasteiger partial charge is 0.0331 e. The minimum Gasteiger partial charge on any atom is -0.308 e. The van der Waals surface area contributed by atoms with Crippen LogP contribution >= 0.6 is 0 Å². The second-order valence-electron chi connectivity index (χ2n) is 6.53. The Labute approximate surface area is 93.4 Å². The lowest BCUT2D eigenvalue weighted by Gasteiger charge is -2.51. The molecule has 0 spiro atoms. The third-order valence-electron chi connectivity index (χ3n) is 5.22. The minimum absolute atomic E-state index is 0.406. The highest BCUT2D eigenvalue weighted by Crippen LogP contribution is 2.47. The fourth-order valence-electron chi connectivity index (χ4n) is 3.40. The Morgan fingerprint density at radius 1 is 1.07 bits per heavy atom. The van der Waals surface area contributed by atoms with E-state index in [0.29, 0.717) is 11.1 Å². The van der Waals surface area contributed by atoms with E-state index in [0.717, 1.165) is 11.8 Å². The number of hydrogen-bond acceptors (Lipinski definition) is 2. The molecule has 86 valence electrons. The second-order valence-corrected chi connectivity index (χ2v) is 6.53. The molecular formula is C13H24N2. The normalized spacial score (nSPS) is 48.2. The van der Waals surface area contributed by atoms with Crippen LogP contribution in [0.4, 0.5) is 0 Å². The first-order chi connectivity index (χ1) is 7.05. The van der Waals surface area contributed by atoms with Gasteiger partial charge in [0.25, 0.3) is 0 Å². The van der Waals surface area contributed by atoms with Crippen molar-refractivity contribution in [2.45, 2.75) is 50.6 Å². The molecule has 0 radical (unpaired) electrons. The van der Waals surface area contributed by atoms with Crippen LogP contribution in [-0.4, -0.2) is 36.1 Å². The fourth-order valence-corrected chi connectivity index (χ4v) is 3.40. The highest BCUT2D eigenvalue weighted by atomic mass is 15.3. The van der Waals surface area contributed by atoms with Crippen molar-refractivity contribution in [2.24, 2.45) is 11.8 Å². The molecule has 2 saturated carbocycles. The van der Waals surface area contributed by atoms with Crippen LogP contribution in [0, 0.1) is 11.8 Å². The number of nitrogens with zero attached hydrogens (tertiary/aromatic N) is 1. The molecular weight excluding hydrogens is 184 g/mol. The summed E-state index contributed by atoms with van der Waals surface area (Å²) in [5.74, 6) is 1.91. The van der Waals surface area contributed by atoms with Crippen molar-refractivity contribution in [1.29, 1.82) is 0 Å². The molecule has 0 aromatic carbocycles. The van der Waals surface area contributed by atoms with Gasteiger partial charge in [-0.3, -0.25) is 4.90 Å². The number of hydrogen-bond donors (Lipinski definition) is 1. The molecule has 1 saturated heterocycles. The molecule has 0 aromatic heterocycles. The molecule has 2 atom stereocenters. The molecule has 1 heterocycles. The van der Waals surface area contributed by atoms with Crippen LogP contribution in [0.5, 0.6) is 0 Å². The topological polar surface area (TPSA) is 15.3 Å². The van der Waals surface area contributed by atoms with Crippen molar-refractivity contribution in [3.05, 3.63) is 0 Å². The second kappa shape index (κ2) is 2.98. The van der Waals surface area contributed by atoms with Gasteiger partial charge in [-0.15, -0.1) is 0 Å². The van der Waals surface area contributed by atoms with Gasteiger partial charge >= 0.3 is 0 Å². The third-order valence-corrected chi connectivity index (χ3v) is 5.22. The molecule has 3 fully saturated rings. The van der Waals surface area contributed by atoms with E-state index in [1.807, 2.05) is 0 Å². The molecule has 0 bridgehead atoms. The highest BCUT2D eigenvalue weighted by molar-refractivity contribution is 5.10. The highest BCUT2D eigenvalue weighted by Gasteiger charge is 2.52. The largest absolute Gasteiger partial charge is 0.308 e. The molecule has 3 aliphatic rings. The number of likely N-dealkylation sites (N-methyl/N-ethyl adjacent to an activating group) is 1. The molecule has 1 aliphatic heterocycles. The third kappa shape index (κ3) is 1.53. The maximum Gasteiger partial charge on any atom is 0.0331 e. The summed E-state index contributed by atoms with van der Waals surface area (Å²) >= 11 is 0. The Hall–Kier alpha value is -0.0800. The van der Waals surface area contributed by atoms with Crippen molar-refractivity contribution in [3.63, 3.8) is 0 Å². The van der Waals surface area contributed by atoms with Crippen LogP contribution in [0.25, 0.3) is 0 Å². The van der Waals surface area contributed by atoms with Crippen molar-refractivity contribution < 1.29 is 0 Å². The van der Waals surface area contributed by atoms with Gasteiger partial charge in [0.2, 0.25) is 0 Å². The Balaban J connectivity index is 1.73. The molecule has 0 aromatic rings. The van der Waals surface area contributed by atoms with E-state index in [4.69, 9.17) is 0 Å². The van der Waals surface area contributed by atoms with Gasteiger partial charge < -0.3 is 5.32 Å². The van der Waals surface area contributed by atoms with E-state index < -0.39 is 0 Å². The van der Waals surface area contributed by atoms with Gasteiger partial charge in [-0.05, 0) is 58.4 Å². The zero-order valence-corrected chi connectivity index (χ0v) is 10.3. The first kappa shape index (κ1) is 10.1. The van der Waals surface area contributed by atoms with E-state index in [1.165, 1.54) is 38.8 Å². The summed E-state index contributed by atoms with van der Waals surface area (Å²) in [5.41, 5.74) is 0.845. The lowest BCUT2D eigenvalue weighted by Crippen LogP contribution is -2.68. The predicted molar refractivity (Wildman–Crippen MR) is 62.9 cm³/mol. The minimum atomic E-state index is 0.406. The van der Waals surface area contributed by atoms with Gasteiger partial charge in [-0.2, -0.15) is 0 Å². The van der Waals surface area contributed by atoms with Crippen LogP contribution in [0.1, 0.15) is 39.5 Å². The SMILES string of the molecule is CN1CC(C)(C2CC2)NCC1(C)C1CC1. The van der Waals surface area contributed by atoms with Crippen LogP contribution in [0.15, 0.2) is 0 Å². The van der Waals surface area contributed by atoms with E-state index >= 15 is 0 Å². The van der Waals surface area contributed by atoms with Gasteiger partial charge in [0.15, 0.2) is 0 Å². The monoisotopic (exact) mass is 208 g/mol. The van der Waals surface area contributed by atoms with Crippen molar-refractivity contribution in [1.82, 2.24) is 10.2 Å². The van der Waals surface area contributed by atoms with Crippen LogP contribution in [-0.2, 0) is 0 Å². The Bertz CT molecular complexity index is 270. The average Bonchev–Trinajstić information content (AvgIpc) is 3.06. The number of nitrogens with one attached hydrogen (secondary N) is 1. The Kier molecular flexibility index (Phi) is 2.01. The van der Waals surface area contributed by atoms with Gasteiger partial charge in [-0.25, -0.2) is 0 Å². The number of piperazine rings is 1. The molecule has 2 nitrogen and oxygen atoms in total. The summed E-state index contributed by atoms with van der Waals surface area (Å²) in [6.07, 6.45) is 5.78. The zero-order valence-electron chi connectivity index (χ0n) is 10.3. The molecule has 0 amide bonds. The molecule has 2 unspecified atom stereocenters. The average molecular weight is 208 g/mol. The standard InChI is InChI=1S/C13H24N2/c1-12(10-4-5-10)9-15(3)13(2,8-14-12)11-6-7-11/h10-11,14H,4-9H2,1-3H3. The maximum atomic E-state index is 3.86. The van der Waals surface area contributed by atoms with Gasteiger partial charge in [0.1, 0.15) is 0 Å². The summed E-state index contributed by atoms with van der Waals surface area (Å²) < 4.78 is 0. The van der Waals surface area contributed by atoms with Crippen molar-refractivity contribution >= 4 is 0 Å². The van der Waals surface area contributed by atoms with Gasteiger partial charge in [0, 0.05) is 24.2 Å². The summed E-state index contributed by atoms with van der Waals surface area (Å²) in [6, 6.07) is 0. The van der Waals surface area contributed by atoms with E-state index in [1.54, 1.807) is 0 Å².